The highest BCUT2D eigenvalue weighted by Crippen LogP contribution is 2.40. The summed E-state index contributed by atoms with van der Waals surface area (Å²) in [5, 5.41) is 21.0. The van der Waals surface area contributed by atoms with Crippen molar-refractivity contribution in [1.82, 2.24) is 15.2 Å². The molecule has 0 spiro atoms. The van der Waals surface area contributed by atoms with E-state index in [0.717, 1.165) is 10.8 Å². The Kier molecular flexibility index (Phi) is 2.90. The fourth-order valence-electron chi connectivity index (χ4n) is 2.94. The highest BCUT2D eigenvalue weighted by Gasteiger charge is 2.23. The van der Waals surface area contributed by atoms with Crippen molar-refractivity contribution >= 4 is 38.7 Å². The number of aromatic hydroxyl groups is 1. The van der Waals surface area contributed by atoms with Gasteiger partial charge >= 0.3 is 5.97 Å². The van der Waals surface area contributed by atoms with Crippen molar-refractivity contribution in [2.24, 2.45) is 0 Å². The third-order valence-corrected chi connectivity index (χ3v) is 3.89. The van der Waals surface area contributed by atoms with Gasteiger partial charge in [-0.3, -0.25) is 0 Å². The van der Waals surface area contributed by atoms with Crippen molar-refractivity contribution in [3.05, 3.63) is 42.1 Å². The quantitative estimate of drug-likeness (QED) is 0.555. The molecule has 2 heterocycles. The maximum Gasteiger partial charge on any atom is 0.340 e. The largest absolute Gasteiger partial charge is 0.506 e. The Hall–Kier alpha value is -3.15. The van der Waals surface area contributed by atoms with E-state index in [9.17, 15) is 9.90 Å². The van der Waals surface area contributed by atoms with Crippen LogP contribution in [0.15, 0.2) is 36.5 Å². The molecule has 6 nitrogen and oxygen atoms in total. The number of nitrogens with one attached hydrogen (secondary N) is 1. The summed E-state index contributed by atoms with van der Waals surface area (Å²) in [6.07, 6.45) is 1.49. The number of hydrogen-bond acceptors (Lipinski definition) is 5. The average Bonchev–Trinajstić information content (AvgIpc) is 3.04. The van der Waals surface area contributed by atoms with Crippen molar-refractivity contribution in [2.75, 3.05) is 6.61 Å². The molecule has 4 rings (SSSR count). The van der Waals surface area contributed by atoms with Crippen LogP contribution >= 0.6 is 0 Å². The fraction of sp³-hybridized carbons (Fsp3) is 0.118. The molecule has 0 saturated carbocycles. The average molecular weight is 307 g/mol. The van der Waals surface area contributed by atoms with Gasteiger partial charge in [-0.05, 0) is 17.7 Å². The van der Waals surface area contributed by atoms with Gasteiger partial charge in [-0.1, -0.05) is 30.3 Å². The van der Waals surface area contributed by atoms with E-state index < -0.39 is 5.97 Å². The standard InChI is InChI=1S/C17H13N3O3/c1-2-23-17(22)13-10-7-5-3-4-6-9(10)12-14(13)19-16-11(15(12)21)8-18-20-16/h3-8H,2H2,1H3,(H2,18,19,20,21). The zero-order valence-electron chi connectivity index (χ0n) is 12.3. The zero-order chi connectivity index (χ0) is 16.0. The van der Waals surface area contributed by atoms with E-state index in [1.165, 1.54) is 6.20 Å². The van der Waals surface area contributed by atoms with Gasteiger partial charge in [0.15, 0.2) is 5.65 Å². The molecule has 0 aliphatic rings. The zero-order valence-corrected chi connectivity index (χ0v) is 12.3. The lowest BCUT2D eigenvalue weighted by molar-refractivity contribution is 0.0531. The number of fused-ring (bicyclic) bond motifs is 4. The van der Waals surface area contributed by atoms with Crippen LogP contribution in [0.2, 0.25) is 0 Å². The van der Waals surface area contributed by atoms with Crippen LogP contribution in [0.5, 0.6) is 5.75 Å². The molecule has 6 heteroatoms. The molecule has 0 aliphatic carbocycles. The Morgan fingerprint density at radius 3 is 2.78 bits per heavy atom. The minimum Gasteiger partial charge on any atom is -0.506 e. The molecule has 0 unspecified atom stereocenters. The number of pyridine rings is 1. The van der Waals surface area contributed by atoms with E-state index in [1.54, 1.807) is 6.92 Å². The molecule has 23 heavy (non-hydrogen) atoms. The Bertz CT molecular complexity index is 1070. The monoisotopic (exact) mass is 307 g/mol. The predicted octanol–water partition coefficient (Wildman–Crippen LogP) is 3.15. The third kappa shape index (κ3) is 1.85. The van der Waals surface area contributed by atoms with Gasteiger partial charge in [0.1, 0.15) is 5.75 Å². The molecule has 0 fully saturated rings. The molecule has 2 aromatic carbocycles. The number of hydrogen-bond donors (Lipinski definition) is 2. The molecule has 0 aliphatic heterocycles. The summed E-state index contributed by atoms with van der Waals surface area (Å²) in [5.74, 6) is -0.376. The molecule has 0 atom stereocenters. The van der Waals surface area contributed by atoms with Crippen LogP contribution in [0.4, 0.5) is 0 Å². The summed E-state index contributed by atoms with van der Waals surface area (Å²) in [5.41, 5.74) is 1.34. The molecule has 4 aromatic rings. The molecular weight excluding hydrogens is 294 g/mol. The highest BCUT2D eigenvalue weighted by molar-refractivity contribution is 6.26. The maximum absolute atomic E-state index is 12.5. The minimum absolute atomic E-state index is 0.0606. The Morgan fingerprint density at radius 2 is 2.00 bits per heavy atom. The summed E-state index contributed by atoms with van der Waals surface area (Å²) in [4.78, 5) is 15.6. The van der Waals surface area contributed by atoms with Crippen LogP contribution in [0.1, 0.15) is 17.3 Å². The normalized spacial score (nSPS) is 11.3. The van der Waals surface area contributed by atoms with Crippen molar-refractivity contribution < 1.29 is 14.6 Å². The first kappa shape index (κ1) is 13.5. The van der Waals surface area contributed by atoms with E-state index >= 15 is 0 Å². The van der Waals surface area contributed by atoms with Gasteiger partial charge in [0.25, 0.3) is 0 Å². The third-order valence-electron chi connectivity index (χ3n) is 3.89. The lowest BCUT2D eigenvalue weighted by Crippen LogP contribution is -2.04. The van der Waals surface area contributed by atoms with Crippen LogP contribution in [0.3, 0.4) is 0 Å². The number of carbonyl (C=O) groups is 1. The van der Waals surface area contributed by atoms with E-state index in [2.05, 4.69) is 15.2 Å². The first-order valence-electron chi connectivity index (χ1n) is 7.26. The van der Waals surface area contributed by atoms with Crippen LogP contribution in [-0.4, -0.2) is 32.9 Å². The SMILES string of the molecule is CCOC(=O)c1c2cccccc2c2c(O)c3cnnc3[nH]c12. The van der Waals surface area contributed by atoms with Crippen LogP contribution in [0.25, 0.3) is 32.7 Å². The first-order valence-corrected chi connectivity index (χ1v) is 7.26. The number of rotatable bonds is 2. The van der Waals surface area contributed by atoms with E-state index in [1.807, 2.05) is 30.3 Å². The minimum atomic E-state index is -0.437. The van der Waals surface area contributed by atoms with Gasteiger partial charge < -0.3 is 14.8 Å². The molecule has 0 bridgehead atoms. The molecular formula is C17H13N3O3. The number of ether oxygens (including phenoxy) is 1. The smallest absolute Gasteiger partial charge is 0.340 e. The Morgan fingerprint density at radius 1 is 1.22 bits per heavy atom. The number of esters is 1. The molecule has 0 radical (unpaired) electrons. The lowest BCUT2D eigenvalue weighted by atomic mass is 10.2. The second kappa shape index (κ2) is 4.95. The van der Waals surface area contributed by atoms with Crippen molar-refractivity contribution in [1.29, 1.82) is 0 Å². The number of aromatic amines is 1. The van der Waals surface area contributed by atoms with E-state index in [0.29, 0.717) is 27.5 Å². The van der Waals surface area contributed by atoms with Crippen LogP contribution < -0.4 is 0 Å². The number of nitrogens with zero attached hydrogens (tertiary/aromatic N) is 2. The molecule has 114 valence electrons. The summed E-state index contributed by atoms with van der Waals surface area (Å²) < 4.78 is 5.19. The van der Waals surface area contributed by atoms with Crippen LogP contribution in [-0.2, 0) is 4.74 Å². The summed E-state index contributed by atoms with van der Waals surface area (Å²) in [6.45, 7) is 2.03. The van der Waals surface area contributed by atoms with E-state index in [-0.39, 0.29) is 12.4 Å². The van der Waals surface area contributed by atoms with E-state index in [4.69, 9.17) is 4.74 Å². The molecule has 0 saturated heterocycles. The summed E-state index contributed by atoms with van der Waals surface area (Å²) >= 11 is 0. The van der Waals surface area contributed by atoms with Gasteiger partial charge in [0, 0.05) is 5.39 Å². The second-order valence-corrected chi connectivity index (χ2v) is 5.16. The van der Waals surface area contributed by atoms with Gasteiger partial charge in [-0.2, -0.15) is 5.10 Å². The number of H-pyrrole nitrogens is 1. The number of carbonyl (C=O) groups excluding carboxylic acids is 1. The Balaban J connectivity index is 2.26. The van der Waals surface area contributed by atoms with Gasteiger partial charge in [0.05, 0.1) is 29.3 Å². The Labute approximate surface area is 130 Å². The van der Waals surface area contributed by atoms with Gasteiger partial charge in [0.2, 0.25) is 0 Å². The molecule has 0 amide bonds. The summed E-state index contributed by atoms with van der Waals surface area (Å²) in [6, 6.07) is 9.28. The van der Waals surface area contributed by atoms with Crippen LogP contribution in [0, 0.1) is 0 Å². The first-order chi connectivity index (χ1) is 11.2. The van der Waals surface area contributed by atoms with Crippen molar-refractivity contribution in [2.45, 2.75) is 6.92 Å². The molecule has 2 N–H and O–H groups in total. The molecule has 2 aromatic heterocycles. The van der Waals surface area contributed by atoms with Crippen molar-refractivity contribution in [3.63, 3.8) is 0 Å². The second-order valence-electron chi connectivity index (χ2n) is 5.16. The van der Waals surface area contributed by atoms with Gasteiger partial charge in [-0.25, -0.2) is 4.79 Å². The topological polar surface area (TPSA) is 88.1 Å². The fourth-order valence-corrected chi connectivity index (χ4v) is 2.94. The lowest BCUT2D eigenvalue weighted by Gasteiger charge is -2.03. The van der Waals surface area contributed by atoms with Gasteiger partial charge in [-0.15, -0.1) is 5.10 Å². The maximum atomic E-state index is 12.5. The number of aromatic nitrogens is 3. The predicted molar refractivity (Wildman–Crippen MR) is 86.5 cm³/mol. The van der Waals surface area contributed by atoms with Crippen molar-refractivity contribution in [3.8, 4) is 5.75 Å². The highest BCUT2D eigenvalue weighted by atomic mass is 16.5. The summed E-state index contributed by atoms with van der Waals surface area (Å²) in [7, 11) is 0.